The predicted molar refractivity (Wildman–Crippen MR) is 121 cm³/mol. The second kappa shape index (κ2) is 8.88. The highest BCUT2D eigenvalue weighted by molar-refractivity contribution is 5.89. The number of anilines is 1. The molecule has 31 heavy (non-hydrogen) atoms. The Balaban J connectivity index is 1.39. The van der Waals surface area contributed by atoms with Gasteiger partial charge in [0.05, 0.1) is 23.9 Å². The second-order valence-corrected chi connectivity index (χ2v) is 7.85. The maximum Gasteiger partial charge on any atom is 0.319 e. The molecule has 2 N–H and O–H groups in total. The summed E-state index contributed by atoms with van der Waals surface area (Å²) >= 11 is 0. The first-order chi connectivity index (χ1) is 15.0. The van der Waals surface area contributed by atoms with Crippen LogP contribution in [0.25, 0.3) is 0 Å². The number of nitrogens with zero attached hydrogens (tertiary/aromatic N) is 3. The van der Waals surface area contributed by atoms with Crippen LogP contribution in [0, 0.1) is 25.2 Å². The molecular formula is C25H25N5O. The molecule has 1 aliphatic rings. The largest absolute Gasteiger partial charge is 0.332 e. The molecule has 0 saturated heterocycles. The number of rotatable bonds is 5. The SMILES string of the molecule is Cc1nn(Cc2ccccc2)c(C)c1C1C=CC(NC(=O)Nc2cccc(C#N)c2)C1. The summed E-state index contributed by atoms with van der Waals surface area (Å²) in [6, 6.07) is 18.9. The number of aromatic nitrogens is 2. The number of amides is 2. The van der Waals surface area contributed by atoms with Crippen LogP contribution in [0.2, 0.25) is 0 Å². The molecule has 4 rings (SSSR count). The number of hydrogen-bond donors (Lipinski definition) is 2. The highest BCUT2D eigenvalue weighted by Crippen LogP contribution is 2.33. The van der Waals surface area contributed by atoms with Crippen molar-refractivity contribution in [3.63, 3.8) is 0 Å². The summed E-state index contributed by atoms with van der Waals surface area (Å²) in [7, 11) is 0. The predicted octanol–water partition coefficient (Wildman–Crippen LogP) is 4.65. The highest BCUT2D eigenvalue weighted by Gasteiger charge is 2.26. The minimum absolute atomic E-state index is 0.0552. The molecule has 2 unspecified atom stereocenters. The quantitative estimate of drug-likeness (QED) is 0.599. The van der Waals surface area contributed by atoms with E-state index in [-0.39, 0.29) is 18.0 Å². The standard InChI is InChI=1S/C25H25N5O/c1-17-24(18(2)30(29-17)16-19-7-4-3-5-8-19)21-11-12-23(14-21)28-25(31)27-22-10-6-9-20(13-22)15-26/h3-13,21,23H,14,16H2,1-2H3,(H2,27,28,31). The van der Waals surface area contributed by atoms with E-state index in [2.05, 4.69) is 46.5 Å². The molecule has 0 fully saturated rings. The van der Waals surface area contributed by atoms with Gasteiger partial charge in [0.15, 0.2) is 0 Å². The van der Waals surface area contributed by atoms with Crippen LogP contribution in [0.3, 0.4) is 0 Å². The Morgan fingerprint density at radius 3 is 2.74 bits per heavy atom. The minimum atomic E-state index is -0.279. The zero-order valence-corrected chi connectivity index (χ0v) is 17.7. The van der Waals surface area contributed by atoms with E-state index in [9.17, 15) is 4.79 Å². The Bertz CT molecular complexity index is 1160. The van der Waals surface area contributed by atoms with Crippen LogP contribution in [-0.2, 0) is 6.54 Å². The number of urea groups is 1. The molecule has 0 spiro atoms. The Kier molecular flexibility index (Phi) is 5.85. The van der Waals surface area contributed by atoms with Gasteiger partial charge in [-0.05, 0) is 44.0 Å². The lowest BCUT2D eigenvalue weighted by atomic mass is 9.96. The van der Waals surface area contributed by atoms with E-state index in [0.29, 0.717) is 11.3 Å². The molecule has 2 amide bonds. The summed E-state index contributed by atoms with van der Waals surface area (Å²) in [5.74, 6) is 0.219. The molecule has 0 bridgehead atoms. The van der Waals surface area contributed by atoms with Crippen molar-refractivity contribution in [3.05, 3.63) is 94.8 Å². The fourth-order valence-corrected chi connectivity index (χ4v) is 4.18. The van der Waals surface area contributed by atoms with Crippen LogP contribution in [0.4, 0.5) is 10.5 Å². The number of hydrogen-bond acceptors (Lipinski definition) is 3. The van der Waals surface area contributed by atoms with Gasteiger partial charge in [0.1, 0.15) is 0 Å². The van der Waals surface area contributed by atoms with E-state index < -0.39 is 0 Å². The van der Waals surface area contributed by atoms with Crippen molar-refractivity contribution in [1.29, 1.82) is 5.26 Å². The maximum atomic E-state index is 12.4. The van der Waals surface area contributed by atoms with Crippen molar-refractivity contribution >= 4 is 11.7 Å². The van der Waals surface area contributed by atoms with Gasteiger partial charge in [-0.2, -0.15) is 10.4 Å². The van der Waals surface area contributed by atoms with Gasteiger partial charge in [-0.25, -0.2) is 4.79 Å². The Morgan fingerprint density at radius 2 is 1.97 bits per heavy atom. The summed E-state index contributed by atoms with van der Waals surface area (Å²) in [5, 5.41) is 19.6. The number of aryl methyl sites for hydroxylation is 1. The number of carbonyl (C=O) groups is 1. The van der Waals surface area contributed by atoms with Crippen molar-refractivity contribution in [1.82, 2.24) is 15.1 Å². The molecule has 0 radical (unpaired) electrons. The molecule has 2 aromatic carbocycles. The monoisotopic (exact) mass is 411 g/mol. The zero-order valence-electron chi connectivity index (χ0n) is 17.7. The number of nitrogens with one attached hydrogen (secondary N) is 2. The zero-order chi connectivity index (χ0) is 21.8. The van der Waals surface area contributed by atoms with Crippen molar-refractivity contribution in [3.8, 4) is 6.07 Å². The number of carbonyl (C=O) groups excluding carboxylic acids is 1. The average molecular weight is 412 g/mol. The molecule has 6 heteroatoms. The normalized spacial score (nSPS) is 17.3. The third-order valence-corrected chi connectivity index (χ3v) is 5.63. The molecule has 1 heterocycles. The van der Waals surface area contributed by atoms with Gasteiger partial charge < -0.3 is 10.6 Å². The maximum absolute atomic E-state index is 12.4. The van der Waals surface area contributed by atoms with Crippen LogP contribution in [0.1, 0.15) is 40.4 Å². The van der Waals surface area contributed by atoms with Gasteiger partial charge in [0.25, 0.3) is 0 Å². The fourth-order valence-electron chi connectivity index (χ4n) is 4.18. The lowest BCUT2D eigenvalue weighted by molar-refractivity contribution is 0.250. The summed E-state index contributed by atoms with van der Waals surface area (Å²) in [6.45, 7) is 4.91. The highest BCUT2D eigenvalue weighted by atomic mass is 16.2. The Labute approximate surface area is 182 Å². The lowest BCUT2D eigenvalue weighted by Gasteiger charge is -2.15. The third-order valence-electron chi connectivity index (χ3n) is 5.63. The van der Waals surface area contributed by atoms with Crippen molar-refractivity contribution in [2.45, 2.75) is 38.8 Å². The van der Waals surface area contributed by atoms with Gasteiger partial charge in [0, 0.05) is 28.9 Å². The summed E-state index contributed by atoms with van der Waals surface area (Å²) < 4.78 is 2.06. The number of benzene rings is 2. The van der Waals surface area contributed by atoms with Crippen LogP contribution in [-0.4, -0.2) is 21.9 Å². The van der Waals surface area contributed by atoms with Crippen LogP contribution in [0.5, 0.6) is 0 Å². The van der Waals surface area contributed by atoms with E-state index in [1.165, 1.54) is 11.1 Å². The van der Waals surface area contributed by atoms with Crippen LogP contribution in [0.15, 0.2) is 66.7 Å². The van der Waals surface area contributed by atoms with Crippen LogP contribution >= 0.6 is 0 Å². The van der Waals surface area contributed by atoms with Crippen molar-refractivity contribution in [2.24, 2.45) is 0 Å². The van der Waals surface area contributed by atoms with E-state index in [1.54, 1.807) is 24.3 Å². The molecule has 0 aliphatic heterocycles. The topological polar surface area (TPSA) is 82.7 Å². The average Bonchev–Trinajstić information content (AvgIpc) is 3.32. The van der Waals surface area contributed by atoms with E-state index in [0.717, 1.165) is 24.4 Å². The smallest absolute Gasteiger partial charge is 0.319 e. The lowest BCUT2D eigenvalue weighted by Crippen LogP contribution is -2.36. The molecule has 1 aliphatic carbocycles. The molecule has 3 aromatic rings. The third kappa shape index (κ3) is 4.67. The van der Waals surface area contributed by atoms with Gasteiger partial charge in [0.2, 0.25) is 0 Å². The first-order valence-corrected chi connectivity index (χ1v) is 10.4. The van der Waals surface area contributed by atoms with E-state index in [1.807, 2.05) is 31.2 Å². The summed E-state index contributed by atoms with van der Waals surface area (Å²) in [5.41, 5.74) is 5.76. The van der Waals surface area contributed by atoms with E-state index >= 15 is 0 Å². The molecule has 0 saturated carbocycles. The summed E-state index contributed by atoms with van der Waals surface area (Å²) in [4.78, 5) is 12.4. The van der Waals surface area contributed by atoms with E-state index in [4.69, 9.17) is 10.4 Å². The first-order valence-electron chi connectivity index (χ1n) is 10.4. The minimum Gasteiger partial charge on any atom is -0.332 e. The van der Waals surface area contributed by atoms with Gasteiger partial charge in [-0.1, -0.05) is 48.6 Å². The number of nitriles is 1. The molecule has 6 nitrogen and oxygen atoms in total. The number of allylic oxidation sites excluding steroid dienone is 1. The Morgan fingerprint density at radius 1 is 1.16 bits per heavy atom. The van der Waals surface area contributed by atoms with Gasteiger partial charge in [-0.15, -0.1) is 0 Å². The fraction of sp³-hybridized carbons (Fsp3) is 0.240. The van der Waals surface area contributed by atoms with Crippen molar-refractivity contribution < 1.29 is 4.79 Å². The first kappa shape index (κ1) is 20.4. The van der Waals surface area contributed by atoms with Crippen LogP contribution < -0.4 is 10.6 Å². The second-order valence-electron chi connectivity index (χ2n) is 7.85. The van der Waals surface area contributed by atoms with Gasteiger partial charge in [-0.3, -0.25) is 4.68 Å². The Hall–Kier alpha value is -3.85. The molecule has 156 valence electrons. The molecule has 2 atom stereocenters. The summed E-state index contributed by atoms with van der Waals surface area (Å²) in [6.07, 6.45) is 5.00. The van der Waals surface area contributed by atoms with Crippen molar-refractivity contribution in [2.75, 3.05) is 5.32 Å². The molecule has 1 aromatic heterocycles. The van der Waals surface area contributed by atoms with Gasteiger partial charge >= 0.3 is 6.03 Å². The molecular weight excluding hydrogens is 386 g/mol.